The first-order valence-corrected chi connectivity index (χ1v) is 9.30. The average molecular weight is 415 g/mol. The molecule has 0 unspecified atom stereocenters. The minimum absolute atomic E-state index is 0.434. The number of benzene rings is 1. The van der Waals surface area contributed by atoms with E-state index in [4.69, 9.17) is 28.6 Å². The topological polar surface area (TPSA) is 70.3 Å². The van der Waals surface area contributed by atoms with Crippen molar-refractivity contribution in [2.24, 2.45) is 7.05 Å². The van der Waals surface area contributed by atoms with E-state index in [1.807, 2.05) is 33.0 Å². The fraction of sp³-hybridized carbons (Fsp3) is 0.250. The van der Waals surface area contributed by atoms with Crippen LogP contribution in [0.5, 0.6) is 0 Å². The minimum atomic E-state index is -0.517. The highest BCUT2D eigenvalue weighted by molar-refractivity contribution is 7.80. The van der Waals surface area contributed by atoms with Crippen molar-refractivity contribution in [2.45, 2.75) is 19.9 Å². The van der Waals surface area contributed by atoms with Crippen LogP contribution in [0, 0.1) is 18.3 Å². The molecule has 0 bridgehead atoms. The number of hydrogen-bond donors (Lipinski definition) is 1. The number of halogens is 1. The third kappa shape index (κ3) is 3.26. The summed E-state index contributed by atoms with van der Waals surface area (Å²) in [5.74, 6) is -0.460. The number of nitrogens with zero attached hydrogens (tertiary/aromatic N) is 3. The Morgan fingerprint density at radius 1 is 1.32 bits per heavy atom. The standard InChI is InChI=1S/C20H19ClN4O2S/c1-11-16(9-15(10-22)24(11)3)18-17(19(26)27-4)12(2)25(20(28)23-18)14-7-5-13(21)6-8-14/h5-9,18H,1-4H3,(H,23,28)/t18-/m1/s1. The highest BCUT2D eigenvalue weighted by atomic mass is 35.5. The van der Waals surface area contributed by atoms with E-state index in [1.165, 1.54) is 7.11 Å². The fourth-order valence-electron chi connectivity index (χ4n) is 3.37. The smallest absolute Gasteiger partial charge is 0.337 e. The SMILES string of the molecule is COC(=O)C1=C(C)N(c2ccc(Cl)cc2)C(=S)N[C@@H]1c1cc(C#N)n(C)c1C. The molecule has 8 heteroatoms. The van der Waals surface area contributed by atoms with Crippen molar-refractivity contribution in [3.8, 4) is 6.07 Å². The van der Waals surface area contributed by atoms with E-state index >= 15 is 0 Å². The van der Waals surface area contributed by atoms with Crippen LogP contribution in [0.1, 0.15) is 29.9 Å². The highest BCUT2D eigenvalue weighted by Gasteiger charge is 2.36. The molecule has 0 spiro atoms. The van der Waals surface area contributed by atoms with Crippen LogP contribution in [0.2, 0.25) is 5.02 Å². The largest absolute Gasteiger partial charge is 0.466 e. The molecule has 1 aromatic carbocycles. The Morgan fingerprint density at radius 3 is 2.50 bits per heavy atom. The number of aromatic nitrogens is 1. The van der Waals surface area contributed by atoms with Crippen molar-refractivity contribution in [1.29, 1.82) is 5.26 Å². The number of allylic oxidation sites excluding steroid dienone is 1. The molecule has 28 heavy (non-hydrogen) atoms. The molecule has 3 rings (SSSR count). The van der Waals surface area contributed by atoms with E-state index in [0.717, 1.165) is 16.9 Å². The van der Waals surface area contributed by atoms with Crippen LogP contribution in [0.15, 0.2) is 41.6 Å². The molecule has 1 atom stereocenters. The lowest BCUT2D eigenvalue weighted by Gasteiger charge is -2.37. The maximum atomic E-state index is 12.7. The summed E-state index contributed by atoms with van der Waals surface area (Å²) >= 11 is 11.6. The van der Waals surface area contributed by atoms with Gasteiger partial charge in [0.2, 0.25) is 0 Å². The summed E-state index contributed by atoms with van der Waals surface area (Å²) in [4.78, 5) is 14.5. The van der Waals surface area contributed by atoms with E-state index in [1.54, 1.807) is 27.7 Å². The molecule has 0 saturated heterocycles. The number of carbonyl (C=O) groups is 1. The van der Waals surface area contributed by atoms with Gasteiger partial charge >= 0.3 is 5.97 Å². The van der Waals surface area contributed by atoms with Gasteiger partial charge in [-0.1, -0.05) is 11.6 Å². The van der Waals surface area contributed by atoms with Crippen LogP contribution < -0.4 is 10.2 Å². The quantitative estimate of drug-likeness (QED) is 0.609. The Kier molecular flexibility index (Phi) is 5.45. The molecular formula is C20H19ClN4O2S. The number of esters is 1. The Balaban J connectivity index is 2.18. The van der Waals surface area contributed by atoms with Crippen LogP contribution in [-0.2, 0) is 16.6 Å². The second kappa shape index (κ2) is 7.66. The second-order valence-corrected chi connectivity index (χ2v) is 7.25. The van der Waals surface area contributed by atoms with Gasteiger partial charge in [0.05, 0.1) is 18.7 Å². The molecule has 1 aromatic heterocycles. The summed E-state index contributed by atoms with van der Waals surface area (Å²) in [5.41, 5.74) is 4.04. The van der Waals surface area contributed by atoms with Crippen LogP contribution in [0.4, 0.5) is 5.69 Å². The molecule has 0 aliphatic carbocycles. The van der Waals surface area contributed by atoms with E-state index in [0.29, 0.717) is 27.1 Å². The lowest BCUT2D eigenvalue weighted by Crippen LogP contribution is -2.48. The first kappa shape index (κ1) is 19.9. The molecule has 1 aliphatic rings. The van der Waals surface area contributed by atoms with Gasteiger partial charge in [-0.05, 0) is 56.4 Å². The average Bonchev–Trinajstić information content (AvgIpc) is 2.96. The maximum Gasteiger partial charge on any atom is 0.337 e. The third-order valence-corrected chi connectivity index (χ3v) is 5.53. The van der Waals surface area contributed by atoms with E-state index in [2.05, 4.69) is 11.4 Å². The number of nitrogens with one attached hydrogen (secondary N) is 1. The van der Waals surface area contributed by atoms with Crippen molar-refractivity contribution in [3.05, 3.63) is 63.6 Å². The van der Waals surface area contributed by atoms with Crippen LogP contribution in [0.25, 0.3) is 0 Å². The summed E-state index contributed by atoms with van der Waals surface area (Å²) in [6.45, 7) is 3.72. The Labute approximate surface area is 174 Å². The van der Waals surface area contributed by atoms with Gasteiger partial charge in [-0.15, -0.1) is 0 Å². The van der Waals surface area contributed by atoms with Gasteiger partial charge in [-0.2, -0.15) is 5.26 Å². The summed E-state index contributed by atoms with van der Waals surface area (Å²) in [5, 5.41) is 13.6. The van der Waals surface area contributed by atoms with Gasteiger partial charge < -0.3 is 14.6 Å². The highest BCUT2D eigenvalue weighted by Crippen LogP contribution is 2.36. The molecule has 0 saturated carbocycles. The number of rotatable bonds is 3. The predicted octanol–water partition coefficient (Wildman–Crippen LogP) is 3.74. The summed E-state index contributed by atoms with van der Waals surface area (Å²) in [6, 6.07) is 10.6. The van der Waals surface area contributed by atoms with Gasteiger partial charge in [-0.3, -0.25) is 4.90 Å². The molecule has 6 nitrogen and oxygen atoms in total. The van der Waals surface area contributed by atoms with Crippen molar-refractivity contribution in [1.82, 2.24) is 9.88 Å². The Bertz CT molecular complexity index is 1030. The lowest BCUT2D eigenvalue weighted by molar-refractivity contribution is -0.136. The molecule has 0 fully saturated rings. The molecule has 0 amide bonds. The number of methoxy groups -OCH3 is 1. The second-order valence-electron chi connectivity index (χ2n) is 6.43. The van der Waals surface area contributed by atoms with E-state index in [-0.39, 0.29) is 0 Å². The predicted molar refractivity (Wildman–Crippen MR) is 112 cm³/mol. The number of carbonyl (C=O) groups excluding carboxylic acids is 1. The first-order valence-electron chi connectivity index (χ1n) is 8.51. The molecule has 1 aliphatic heterocycles. The molecule has 2 aromatic rings. The molecule has 1 N–H and O–H groups in total. The zero-order valence-corrected chi connectivity index (χ0v) is 17.5. The van der Waals surface area contributed by atoms with Crippen LogP contribution in [-0.4, -0.2) is 22.8 Å². The number of hydrogen-bond acceptors (Lipinski definition) is 4. The molecule has 144 valence electrons. The number of anilines is 1. The summed E-state index contributed by atoms with van der Waals surface area (Å²) < 4.78 is 6.84. The molecule has 0 radical (unpaired) electrons. The normalized spacial score (nSPS) is 16.6. The molecule has 2 heterocycles. The lowest BCUT2D eigenvalue weighted by atomic mass is 9.94. The van der Waals surface area contributed by atoms with Crippen molar-refractivity contribution >= 4 is 40.6 Å². The van der Waals surface area contributed by atoms with E-state index < -0.39 is 12.0 Å². The number of ether oxygens (including phenoxy) is 1. The summed E-state index contributed by atoms with van der Waals surface area (Å²) in [7, 11) is 3.16. The van der Waals surface area contributed by atoms with Crippen LogP contribution >= 0.6 is 23.8 Å². The summed E-state index contributed by atoms with van der Waals surface area (Å²) in [6.07, 6.45) is 0. The van der Waals surface area contributed by atoms with Gasteiger partial charge in [0, 0.05) is 34.7 Å². The minimum Gasteiger partial charge on any atom is -0.466 e. The van der Waals surface area contributed by atoms with Gasteiger partial charge in [0.25, 0.3) is 0 Å². The van der Waals surface area contributed by atoms with Gasteiger partial charge in [0.15, 0.2) is 5.11 Å². The zero-order valence-electron chi connectivity index (χ0n) is 15.9. The van der Waals surface area contributed by atoms with Gasteiger partial charge in [0.1, 0.15) is 11.8 Å². The van der Waals surface area contributed by atoms with Crippen molar-refractivity contribution < 1.29 is 9.53 Å². The third-order valence-electron chi connectivity index (χ3n) is 4.97. The Morgan fingerprint density at radius 2 is 1.96 bits per heavy atom. The van der Waals surface area contributed by atoms with E-state index in [9.17, 15) is 10.1 Å². The van der Waals surface area contributed by atoms with Crippen LogP contribution in [0.3, 0.4) is 0 Å². The van der Waals surface area contributed by atoms with Crippen molar-refractivity contribution in [3.63, 3.8) is 0 Å². The molecular weight excluding hydrogens is 396 g/mol. The monoisotopic (exact) mass is 414 g/mol. The fourth-order valence-corrected chi connectivity index (χ4v) is 3.86. The maximum absolute atomic E-state index is 12.7. The van der Waals surface area contributed by atoms with Gasteiger partial charge in [-0.25, -0.2) is 4.79 Å². The number of thiocarbonyl (C=S) groups is 1. The zero-order chi connectivity index (χ0) is 20.6. The first-order chi connectivity index (χ1) is 13.3. The number of nitriles is 1. The Hall–Kier alpha value is -2.82. The van der Waals surface area contributed by atoms with Crippen molar-refractivity contribution in [2.75, 3.05) is 12.0 Å².